The molecule has 4 heterocycles. The van der Waals surface area contributed by atoms with Gasteiger partial charge in [-0.1, -0.05) is 47.6 Å². The Morgan fingerprint density at radius 1 is 0.817 bits per heavy atom. The summed E-state index contributed by atoms with van der Waals surface area (Å²) < 4.78 is 29.4. The molecule has 7 atom stereocenters. The lowest BCUT2D eigenvalue weighted by Crippen LogP contribution is -2.41. The first-order valence-corrected chi connectivity index (χ1v) is 30.0. The van der Waals surface area contributed by atoms with Crippen LogP contribution in [-0.4, -0.2) is 116 Å². The molecular formula is C47H92O8S4Si. The largest absolute Gasteiger partial charge is 0.396 e. The molecule has 0 saturated carbocycles. The molecule has 0 aliphatic carbocycles. The summed E-state index contributed by atoms with van der Waals surface area (Å²) in [5.74, 6) is 6.06. The maximum Gasteiger partial charge on any atom is 0.195 e. The molecule has 4 fully saturated rings. The fraction of sp³-hybridized carbons (Fsp3) is 0.915. The minimum atomic E-state index is -1.67. The highest BCUT2D eigenvalue weighted by Gasteiger charge is 2.37. The van der Waals surface area contributed by atoms with E-state index in [2.05, 4.69) is 75.1 Å². The molecule has 4 unspecified atom stereocenters. The van der Waals surface area contributed by atoms with Crippen molar-refractivity contribution < 1.29 is 38.1 Å². The molecule has 4 saturated heterocycles. The monoisotopic (exact) mass is 941 g/mol. The highest BCUT2D eigenvalue weighted by atomic mass is 32.2. The number of carbonyl (C=O) groups is 2. The molecule has 0 spiro atoms. The molecule has 0 aromatic heterocycles. The predicted octanol–water partition coefficient (Wildman–Crippen LogP) is 12.6. The first-order valence-electron chi connectivity index (χ1n) is 22.9. The van der Waals surface area contributed by atoms with Gasteiger partial charge in [-0.25, -0.2) is 0 Å². The second-order valence-electron chi connectivity index (χ2n) is 19.2. The number of thioether (sulfide) groups is 4. The summed E-state index contributed by atoms with van der Waals surface area (Å²) in [7, 11) is -1.67. The molecule has 60 heavy (non-hydrogen) atoms. The number of hydrogen-bond acceptors (Lipinski definition) is 12. The zero-order valence-corrected chi connectivity index (χ0v) is 44.8. The van der Waals surface area contributed by atoms with E-state index < -0.39 is 8.32 Å². The Morgan fingerprint density at radius 3 is 1.75 bits per heavy atom. The molecule has 0 radical (unpaired) electrons. The maximum absolute atomic E-state index is 10.8. The van der Waals surface area contributed by atoms with Crippen LogP contribution in [0, 0.1) is 23.2 Å². The van der Waals surface area contributed by atoms with E-state index in [1.807, 2.05) is 73.9 Å². The molecule has 8 nitrogen and oxygen atoms in total. The summed E-state index contributed by atoms with van der Waals surface area (Å²) in [5.41, 5.74) is 0.503. The third-order valence-electron chi connectivity index (χ3n) is 11.2. The highest BCUT2D eigenvalue weighted by Crippen LogP contribution is 2.37. The average molecular weight is 942 g/mol. The Kier molecular flexibility index (Phi) is 35.0. The fourth-order valence-corrected chi connectivity index (χ4v) is 13.1. The van der Waals surface area contributed by atoms with Gasteiger partial charge in [-0.05, 0) is 139 Å². The lowest BCUT2D eigenvalue weighted by Gasteiger charge is -2.36. The van der Waals surface area contributed by atoms with Crippen LogP contribution in [0.2, 0.25) is 18.1 Å². The third-order valence-corrected chi connectivity index (χ3v) is 21.8. The maximum atomic E-state index is 10.8. The van der Waals surface area contributed by atoms with Crippen LogP contribution in [0.25, 0.3) is 0 Å². The van der Waals surface area contributed by atoms with Gasteiger partial charge >= 0.3 is 0 Å². The smallest absolute Gasteiger partial charge is 0.195 e. The van der Waals surface area contributed by atoms with Gasteiger partial charge in [0.05, 0.1) is 46.8 Å². The standard InChI is InChI=1S/C14H30O3Si.C10H18O2S2.C9H18.C7H14O2.C7H12OS2/c1-11-8-13(12(2)17-11)9-15-10-16-18(6,7)14(3,4)5;1-2-12-8-9(7-11)6-10-13-4-3-5-14-10;1-5-6-7-8-9(2,3)4;1-5-3-7(4-8)6(2)9-5;8-4-1-3-7-9-5-2-6-10-7/h11-13H,8-10H2,1-7H3;7,9-10H,2-6,8H2,1H3;5H,1,6-8H2,2-4H3;5-8H,3-4H2,1-2H3;4,7H,1-3,5-6H2/t11?,12?,13-;9-;;5?,6?,7-;/m00.0./s1. The summed E-state index contributed by atoms with van der Waals surface area (Å²) in [4.78, 5) is 20.8. The Labute approximate surface area is 388 Å². The summed E-state index contributed by atoms with van der Waals surface area (Å²) in [5, 5.41) is 9.02. The van der Waals surface area contributed by atoms with Gasteiger partial charge in [0.25, 0.3) is 0 Å². The first-order chi connectivity index (χ1) is 28.2. The number of aldehydes is 2. The van der Waals surface area contributed by atoms with Gasteiger partial charge < -0.3 is 38.1 Å². The molecule has 0 aromatic carbocycles. The molecule has 13 heteroatoms. The van der Waals surface area contributed by atoms with Crippen molar-refractivity contribution >= 4 is 67.9 Å². The minimum absolute atomic E-state index is 0.0954. The minimum Gasteiger partial charge on any atom is -0.396 e. The van der Waals surface area contributed by atoms with Crippen molar-refractivity contribution in [1.82, 2.24) is 0 Å². The summed E-state index contributed by atoms with van der Waals surface area (Å²) in [6, 6.07) is 0. The van der Waals surface area contributed by atoms with E-state index in [1.165, 1.54) is 48.7 Å². The topological polar surface area (TPSA) is 101 Å². The van der Waals surface area contributed by atoms with Crippen LogP contribution in [0.1, 0.15) is 140 Å². The molecular weight excluding hydrogens is 849 g/mol. The van der Waals surface area contributed by atoms with Crippen molar-refractivity contribution in [2.24, 2.45) is 23.2 Å². The van der Waals surface area contributed by atoms with E-state index in [0.29, 0.717) is 64.7 Å². The number of unbranched alkanes of at least 4 members (excludes halogenated alkanes) is 1. The van der Waals surface area contributed by atoms with E-state index in [-0.39, 0.29) is 23.7 Å². The highest BCUT2D eigenvalue weighted by molar-refractivity contribution is 8.17. The lowest BCUT2D eigenvalue weighted by molar-refractivity contribution is -0.113. The van der Waals surface area contributed by atoms with Crippen molar-refractivity contribution in [3.8, 4) is 0 Å². The molecule has 4 rings (SSSR count). The van der Waals surface area contributed by atoms with E-state index in [0.717, 1.165) is 57.7 Å². The van der Waals surface area contributed by atoms with Gasteiger partial charge in [-0.3, -0.25) is 0 Å². The van der Waals surface area contributed by atoms with Crippen LogP contribution in [0.4, 0.5) is 0 Å². The van der Waals surface area contributed by atoms with Crippen molar-refractivity contribution in [2.75, 3.05) is 56.2 Å². The van der Waals surface area contributed by atoms with Gasteiger partial charge in [-0.15, -0.1) is 53.6 Å². The van der Waals surface area contributed by atoms with Gasteiger partial charge in [0.1, 0.15) is 19.4 Å². The number of aliphatic hydroxyl groups excluding tert-OH is 1. The van der Waals surface area contributed by atoms with Crippen LogP contribution in [-0.2, 0) is 33.0 Å². The molecule has 0 aromatic rings. The zero-order valence-electron chi connectivity index (χ0n) is 40.5. The molecule has 0 amide bonds. The Morgan fingerprint density at radius 2 is 1.35 bits per heavy atom. The first kappa shape index (κ1) is 60.5. The van der Waals surface area contributed by atoms with E-state index in [1.54, 1.807) is 0 Å². The van der Waals surface area contributed by atoms with Gasteiger partial charge in [0, 0.05) is 37.4 Å². The summed E-state index contributed by atoms with van der Waals surface area (Å²) >= 11 is 7.99. The van der Waals surface area contributed by atoms with E-state index in [4.69, 9.17) is 28.5 Å². The van der Waals surface area contributed by atoms with Crippen LogP contribution >= 0.6 is 47.0 Å². The van der Waals surface area contributed by atoms with E-state index in [9.17, 15) is 9.59 Å². The van der Waals surface area contributed by atoms with Crippen molar-refractivity contribution in [2.45, 2.75) is 192 Å². The average Bonchev–Trinajstić information content (AvgIpc) is 3.71. The number of hydrogen-bond donors (Lipinski definition) is 1. The Hall–Kier alpha value is 0.457. The molecule has 4 aliphatic heterocycles. The van der Waals surface area contributed by atoms with Crippen LogP contribution in [0.3, 0.4) is 0 Å². The second kappa shape index (κ2) is 34.8. The number of rotatable bonds is 18. The fourth-order valence-electron chi connectivity index (χ4n) is 6.37. The normalized spacial score (nSPS) is 25.5. The summed E-state index contributed by atoms with van der Waals surface area (Å²) in [6.07, 6.45) is 16.6. The number of aliphatic hydroxyl groups is 1. The zero-order chi connectivity index (χ0) is 45.6. The molecule has 0 bridgehead atoms. The molecule has 4 aliphatic rings. The van der Waals surface area contributed by atoms with Crippen LogP contribution < -0.4 is 0 Å². The Balaban J connectivity index is 0.000000747. The Bertz CT molecular complexity index is 1060. The quantitative estimate of drug-likeness (QED) is 0.0466. The molecule has 356 valence electrons. The van der Waals surface area contributed by atoms with Crippen molar-refractivity contribution in [3.05, 3.63) is 12.7 Å². The van der Waals surface area contributed by atoms with Gasteiger partial charge in [0.2, 0.25) is 0 Å². The van der Waals surface area contributed by atoms with Crippen LogP contribution in [0.5, 0.6) is 0 Å². The summed E-state index contributed by atoms with van der Waals surface area (Å²) in [6.45, 7) is 34.8. The SMILES string of the molecule is C=CCCCC(C)(C)C.CC1C[C@@H](CO)C(C)O1.CC1C[C@@H](COCO[Si](C)(C)C(C)(C)C)C(C)O1.CCOC[C@H](C=O)CC1SCCCS1.O=CCCC1SCCCS1. The van der Waals surface area contributed by atoms with Gasteiger partial charge in [0.15, 0.2) is 8.32 Å². The number of allylic oxidation sites excluding steroid dienone is 1. The lowest BCUT2D eigenvalue weighted by atomic mass is 9.90. The van der Waals surface area contributed by atoms with E-state index >= 15 is 0 Å². The van der Waals surface area contributed by atoms with Crippen LogP contribution in [0.15, 0.2) is 12.7 Å². The van der Waals surface area contributed by atoms with Gasteiger partial charge in [-0.2, -0.15) is 0 Å². The third kappa shape index (κ3) is 30.6. The predicted molar refractivity (Wildman–Crippen MR) is 269 cm³/mol. The van der Waals surface area contributed by atoms with Crippen molar-refractivity contribution in [3.63, 3.8) is 0 Å². The number of ether oxygens (including phenoxy) is 4. The second-order valence-corrected chi connectivity index (χ2v) is 29.8. The molecule has 1 N–H and O–H groups in total. The number of carbonyl (C=O) groups excluding carboxylic acids is 2. The van der Waals surface area contributed by atoms with Crippen molar-refractivity contribution in [1.29, 1.82) is 0 Å².